The van der Waals surface area contributed by atoms with Crippen LogP contribution in [0.25, 0.3) is 0 Å². The number of ether oxygens (including phenoxy) is 3. The number of nitrogens with one attached hydrogen (secondary N) is 1. The summed E-state index contributed by atoms with van der Waals surface area (Å²) >= 11 is 0. The Bertz CT molecular complexity index is 1060. The molecule has 36 heavy (non-hydrogen) atoms. The Balaban J connectivity index is 1.19. The molecular weight excluding hydrogens is 464 g/mol. The van der Waals surface area contributed by atoms with Crippen molar-refractivity contribution in [3.05, 3.63) is 53.1 Å². The minimum Gasteiger partial charge on any atom is -0.494 e. The summed E-state index contributed by atoms with van der Waals surface area (Å²) in [5.41, 5.74) is 1.63. The second-order valence-corrected chi connectivity index (χ2v) is 9.30. The van der Waals surface area contributed by atoms with Gasteiger partial charge in [-0.25, -0.2) is 4.79 Å². The van der Waals surface area contributed by atoms with Gasteiger partial charge >= 0.3 is 5.97 Å². The summed E-state index contributed by atoms with van der Waals surface area (Å²) in [5.74, 6) is 0.568. The minimum absolute atomic E-state index is 0.0181. The Morgan fingerprint density at radius 2 is 1.86 bits per heavy atom. The lowest BCUT2D eigenvalue weighted by molar-refractivity contribution is 0.0205. The first kappa shape index (κ1) is 25.8. The van der Waals surface area contributed by atoms with E-state index in [0.717, 1.165) is 37.9 Å². The molecule has 2 unspecified atom stereocenters. The van der Waals surface area contributed by atoms with Crippen LogP contribution < -0.4 is 19.5 Å². The summed E-state index contributed by atoms with van der Waals surface area (Å²) in [7, 11) is 0. The maximum atomic E-state index is 12.9. The molecule has 2 aromatic carbocycles. The highest BCUT2D eigenvalue weighted by Gasteiger charge is 2.29. The average Bonchev–Trinajstić information content (AvgIpc) is 3.13. The molecule has 194 valence electrons. The van der Waals surface area contributed by atoms with Gasteiger partial charge in [0.05, 0.1) is 37.1 Å². The zero-order valence-electron chi connectivity index (χ0n) is 20.6. The van der Waals surface area contributed by atoms with Crippen molar-refractivity contribution < 1.29 is 34.0 Å². The van der Waals surface area contributed by atoms with Gasteiger partial charge in [-0.15, -0.1) is 0 Å². The Morgan fingerprint density at radius 3 is 2.58 bits per heavy atom. The molecule has 1 saturated heterocycles. The number of piperidine rings is 1. The molecule has 0 bridgehead atoms. The topological polar surface area (TPSA) is 118 Å². The molecule has 4 rings (SSSR count). The van der Waals surface area contributed by atoms with Gasteiger partial charge in [0.2, 0.25) is 0 Å². The maximum absolute atomic E-state index is 12.9. The molecule has 9 heteroatoms. The van der Waals surface area contributed by atoms with Crippen molar-refractivity contribution >= 4 is 11.9 Å². The number of fused-ring (bicyclic) bond motifs is 1. The summed E-state index contributed by atoms with van der Waals surface area (Å²) in [6.07, 6.45) is 1.81. The van der Waals surface area contributed by atoms with E-state index in [9.17, 15) is 14.7 Å². The summed E-state index contributed by atoms with van der Waals surface area (Å²) in [4.78, 5) is 26.0. The van der Waals surface area contributed by atoms with E-state index in [4.69, 9.17) is 19.3 Å². The zero-order chi connectivity index (χ0) is 25.5. The number of carboxylic acids is 1. The van der Waals surface area contributed by atoms with Crippen LogP contribution in [0.4, 0.5) is 0 Å². The molecule has 0 aliphatic carbocycles. The Hall–Kier alpha value is -3.30. The SMILES string of the molecule is Cc1ccc(C(=O)NCC2CCN(CCCOc3ccc(C(=O)O)cc3)CC2O)c2c1OCCCO2. The van der Waals surface area contributed by atoms with E-state index in [2.05, 4.69) is 10.2 Å². The molecule has 0 saturated carbocycles. The molecule has 2 aliphatic rings. The molecule has 1 amide bonds. The number of hydrogen-bond donors (Lipinski definition) is 3. The highest BCUT2D eigenvalue weighted by atomic mass is 16.5. The lowest BCUT2D eigenvalue weighted by atomic mass is 9.93. The Kier molecular flexibility index (Phi) is 8.66. The Labute approximate surface area is 211 Å². The third-order valence-electron chi connectivity index (χ3n) is 6.65. The van der Waals surface area contributed by atoms with Crippen LogP contribution in [0.5, 0.6) is 17.2 Å². The number of likely N-dealkylation sites (tertiary alicyclic amines) is 1. The average molecular weight is 499 g/mol. The molecule has 3 N–H and O–H groups in total. The fourth-order valence-electron chi connectivity index (χ4n) is 4.55. The molecule has 2 aliphatic heterocycles. The van der Waals surface area contributed by atoms with Crippen LogP contribution in [0.15, 0.2) is 36.4 Å². The summed E-state index contributed by atoms with van der Waals surface area (Å²) in [5, 5.41) is 22.6. The third kappa shape index (κ3) is 6.47. The molecule has 9 nitrogen and oxygen atoms in total. The fraction of sp³-hybridized carbons (Fsp3) is 0.481. The normalized spacial score (nSPS) is 19.8. The van der Waals surface area contributed by atoms with E-state index in [1.54, 1.807) is 18.2 Å². The first-order valence-corrected chi connectivity index (χ1v) is 12.5. The van der Waals surface area contributed by atoms with Crippen LogP contribution in [0.1, 0.15) is 45.5 Å². The highest BCUT2D eigenvalue weighted by Crippen LogP contribution is 2.36. The predicted molar refractivity (Wildman–Crippen MR) is 133 cm³/mol. The molecule has 2 aromatic rings. The number of aliphatic hydroxyl groups excluding tert-OH is 1. The molecule has 2 atom stereocenters. The van der Waals surface area contributed by atoms with E-state index in [0.29, 0.717) is 55.7 Å². The summed E-state index contributed by atoms with van der Waals surface area (Å²) < 4.78 is 17.3. The van der Waals surface area contributed by atoms with Gasteiger partial charge in [0, 0.05) is 32.0 Å². The minimum atomic E-state index is -0.962. The van der Waals surface area contributed by atoms with Crippen molar-refractivity contribution in [2.24, 2.45) is 5.92 Å². The summed E-state index contributed by atoms with van der Waals surface area (Å²) in [6, 6.07) is 9.98. The van der Waals surface area contributed by atoms with Crippen LogP contribution in [-0.4, -0.2) is 79.1 Å². The van der Waals surface area contributed by atoms with Crippen LogP contribution in [0, 0.1) is 12.8 Å². The number of hydrogen-bond acceptors (Lipinski definition) is 7. The number of aryl methyl sites for hydroxylation is 1. The number of β-amino-alcohol motifs (C(OH)–C–C–N with tert-alkyl or cyclic N) is 1. The predicted octanol–water partition coefficient (Wildman–Crippen LogP) is 2.74. The third-order valence-corrected chi connectivity index (χ3v) is 6.65. The second-order valence-electron chi connectivity index (χ2n) is 9.30. The lowest BCUT2D eigenvalue weighted by Gasteiger charge is -2.36. The number of amides is 1. The molecule has 0 spiro atoms. The number of carbonyl (C=O) groups excluding carboxylic acids is 1. The molecule has 2 heterocycles. The second kappa shape index (κ2) is 12.1. The number of carboxylic acid groups (broad SMARTS) is 1. The van der Waals surface area contributed by atoms with E-state index >= 15 is 0 Å². The quantitative estimate of drug-likeness (QED) is 0.452. The number of carbonyl (C=O) groups is 2. The van der Waals surface area contributed by atoms with Crippen LogP contribution in [-0.2, 0) is 0 Å². The standard InChI is InChI=1S/C27H34N2O7/c1-18-4-9-22(25-24(18)35-14-3-15-36-25)26(31)28-16-20-10-12-29(17-23(20)30)11-2-13-34-21-7-5-19(6-8-21)27(32)33/h4-9,20,23,30H,2-3,10-17H2,1H3,(H,28,31)(H,32,33). The van der Waals surface area contributed by atoms with Gasteiger partial charge in [0.15, 0.2) is 11.5 Å². The van der Waals surface area contributed by atoms with Gasteiger partial charge in [0.25, 0.3) is 5.91 Å². The van der Waals surface area contributed by atoms with E-state index < -0.39 is 12.1 Å². The monoisotopic (exact) mass is 498 g/mol. The van der Waals surface area contributed by atoms with Gasteiger partial charge in [-0.2, -0.15) is 0 Å². The maximum Gasteiger partial charge on any atom is 0.335 e. The number of rotatable bonds is 9. The largest absolute Gasteiger partial charge is 0.494 e. The van der Waals surface area contributed by atoms with Crippen molar-refractivity contribution in [2.45, 2.75) is 32.3 Å². The van der Waals surface area contributed by atoms with Crippen molar-refractivity contribution in [1.29, 1.82) is 0 Å². The molecule has 1 fully saturated rings. The highest BCUT2D eigenvalue weighted by molar-refractivity contribution is 5.98. The zero-order valence-corrected chi connectivity index (χ0v) is 20.6. The first-order chi connectivity index (χ1) is 17.4. The van der Waals surface area contributed by atoms with E-state index in [1.165, 1.54) is 12.1 Å². The lowest BCUT2D eigenvalue weighted by Crippen LogP contribution is -2.48. The van der Waals surface area contributed by atoms with Crippen LogP contribution in [0.3, 0.4) is 0 Å². The van der Waals surface area contributed by atoms with E-state index in [1.807, 2.05) is 13.0 Å². The van der Waals surface area contributed by atoms with Gasteiger partial charge in [0.1, 0.15) is 5.75 Å². The van der Waals surface area contributed by atoms with E-state index in [-0.39, 0.29) is 17.4 Å². The first-order valence-electron chi connectivity index (χ1n) is 12.5. The van der Waals surface area contributed by atoms with Gasteiger partial charge in [-0.1, -0.05) is 6.07 Å². The molecular formula is C27H34N2O7. The number of aliphatic hydroxyl groups is 1. The number of aromatic carboxylic acids is 1. The van der Waals surface area contributed by atoms with Crippen LogP contribution in [0.2, 0.25) is 0 Å². The Morgan fingerprint density at radius 1 is 1.11 bits per heavy atom. The number of benzene rings is 2. The van der Waals surface area contributed by atoms with Crippen molar-refractivity contribution in [2.75, 3.05) is 46.0 Å². The van der Waals surface area contributed by atoms with Gasteiger partial charge in [-0.3, -0.25) is 4.79 Å². The van der Waals surface area contributed by atoms with Crippen molar-refractivity contribution in [1.82, 2.24) is 10.2 Å². The van der Waals surface area contributed by atoms with Crippen LogP contribution >= 0.6 is 0 Å². The summed E-state index contributed by atoms with van der Waals surface area (Å²) in [6.45, 7) is 6.08. The van der Waals surface area contributed by atoms with Gasteiger partial charge < -0.3 is 34.6 Å². The fourth-order valence-corrected chi connectivity index (χ4v) is 4.55. The smallest absolute Gasteiger partial charge is 0.335 e. The van der Waals surface area contributed by atoms with Crippen molar-refractivity contribution in [3.63, 3.8) is 0 Å². The molecule has 0 radical (unpaired) electrons. The number of nitrogens with zero attached hydrogens (tertiary/aromatic N) is 1. The van der Waals surface area contributed by atoms with Gasteiger partial charge in [-0.05, 0) is 62.2 Å². The van der Waals surface area contributed by atoms with Crippen molar-refractivity contribution in [3.8, 4) is 17.2 Å². The molecule has 0 aromatic heterocycles.